The van der Waals surface area contributed by atoms with Crippen LogP contribution < -0.4 is 10.1 Å². The third kappa shape index (κ3) is 4.42. The van der Waals surface area contributed by atoms with Crippen LogP contribution in [0.15, 0.2) is 60.9 Å². The van der Waals surface area contributed by atoms with Crippen molar-refractivity contribution >= 4 is 28.7 Å². The molecule has 0 aliphatic rings. The molecule has 0 atom stereocenters. The summed E-state index contributed by atoms with van der Waals surface area (Å²) in [6, 6.07) is 14.9. The standard InChI is InChI=1S/C19H17N3O2.BrH/c1-13-6-5-9-18(21-13)22-19(23)15-10-14(11-20-12-15)16-7-3-4-8-17(16)24-2;/h3-12H,1-2H3,(H,21,22,23);1H. The maximum absolute atomic E-state index is 12.4. The molecule has 0 aliphatic heterocycles. The number of hydrogen-bond acceptors (Lipinski definition) is 4. The van der Waals surface area contributed by atoms with E-state index in [9.17, 15) is 4.79 Å². The van der Waals surface area contributed by atoms with Gasteiger partial charge in [0.1, 0.15) is 11.6 Å². The minimum absolute atomic E-state index is 0. The van der Waals surface area contributed by atoms with Crippen LogP contribution in [0.2, 0.25) is 0 Å². The number of benzene rings is 1. The first-order valence-corrected chi connectivity index (χ1v) is 7.51. The molecular weight excluding hydrogens is 382 g/mol. The van der Waals surface area contributed by atoms with Gasteiger partial charge in [-0.2, -0.15) is 0 Å². The summed E-state index contributed by atoms with van der Waals surface area (Å²) in [5.41, 5.74) is 3.00. The normalized spacial score (nSPS) is 9.84. The first kappa shape index (κ1) is 18.6. The molecule has 2 heterocycles. The summed E-state index contributed by atoms with van der Waals surface area (Å²) >= 11 is 0. The molecule has 3 aromatic rings. The highest BCUT2D eigenvalue weighted by Crippen LogP contribution is 2.29. The topological polar surface area (TPSA) is 64.1 Å². The van der Waals surface area contributed by atoms with Crippen molar-refractivity contribution in [3.8, 4) is 16.9 Å². The molecule has 128 valence electrons. The fourth-order valence-electron chi connectivity index (χ4n) is 2.40. The molecule has 0 saturated carbocycles. The third-order valence-electron chi connectivity index (χ3n) is 3.55. The van der Waals surface area contributed by atoms with E-state index in [2.05, 4.69) is 15.3 Å². The molecule has 0 spiro atoms. The molecule has 2 aromatic heterocycles. The van der Waals surface area contributed by atoms with Gasteiger partial charge in [0.2, 0.25) is 0 Å². The van der Waals surface area contributed by atoms with E-state index in [1.54, 1.807) is 25.4 Å². The number of nitrogens with zero attached hydrogens (tertiary/aromatic N) is 2. The zero-order chi connectivity index (χ0) is 16.9. The van der Waals surface area contributed by atoms with Gasteiger partial charge in [0.05, 0.1) is 12.7 Å². The number of rotatable bonds is 4. The minimum Gasteiger partial charge on any atom is -0.496 e. The van der Waals surface area contributed by atoms with Crippen molar-refractivity contribution in [3.63, 3.8) is 0 Å². The fraction of sp³-hybridized carbons (Fsp3) is 0.105. The van der Waals surface area contributed by atoms with E-state index in [0.717, 1.165) is 22.6 Å². The lowest BCUT2D eigenvalue weighted by Gasteiger charge is -2.09. The molecule has 1 N–H and O–H groups in total. The Labute approximate surface area is 156 Å². The fourth-order valence-corrected chi connectivity index (χ4v) is 2.40. The summed E-state index contributed by atoms with van der Waals surface area (Å²) in [6.45, 7) is 1.87. The van der Waals surface area contributed by atoms with Crippen molar-refractivity contribution in [1.82, 2.24) is 9.97 Å². The van der Waals surface area contributed by atoms with Crippen LogP contribution in [-0.4, -0.2) is 23.0 Å². The molecule has 5 nitrogen and oxygen atoms in total. The van der Waals surface area contributed by atoms with Crippen LogP contribution in [-0.2, 0) is 0 Å². The van der Waals surface area contributed by atoms with Crippen molar-refractivity contribution in [3.05, 3.63) is 72.2 Å². The Hall–Kier alpha value is -2.73. The van der Waals surface area contributed by atoms with Gasteiger partial charge in [-0.05, 0) is 31.2 Å². The largest absolute Gasteiger partial charge is 0.496 e. The molecule has 0 fully saturated rings. The second kappa shape index (κ2) is 8.39. The van der Waals surface area contributed by atoms with Gasteiger partial charge in [-0.15, -0.1) is 17.0 Å². The maximum atomic E-state index is 12.4. The van der Waals surface area contributed by atoms with E-state index in [0.29, 0.717) is 11.4 Å². The molecule has 1 amide bonds. The second-order valence-corrected chi connectivity index (χ2v) is 5.28. The molecule has 25 heavy (non-hydrogen) atoms. The lowest BCUT2D eigenvalue weighted by molar-refractivity contribution is 0.102. The van der Waals surface area contributed by atoms with Gasteiger partial charge in [0.15, 0.2) is 0 Å². The minimum atomic E-state index is -0.252. The highest BCUT2D eigenvalue weighted by molar-refractivity contribution is 8.93. The summed E-state index contributed by atoms with van der Waals surface area (Å²) < 4.78 is 5.37. The SMILES string of the molecule is Br.COc1ccccc1-c1cncc(C(=O)Nc2cccc(C)n2)c1. The highest BCUT2D eigenvalue weighted by atomic mass is 79.9. The Morgan fingerprint density at radius 1 is 1.08 bits per heavy atom. The number of aromatic nitrogens is 2. The van der Waals surface area contributed by atoms with Gasteiger partial charge in [-0.3, -0.25) is 9.78 Å². The summed E-state index contributed by atoms with van der Waals surface area (Å²) in [5.74, 6) is 0.997. The number of nitrogens with one attached hydrogen (secondary N) is 1. The molecule has 0 saturated heterocycles. The van der Waals surface area contributed by atoms with Gasteiger partial charge in [0, 0.05) is 29.2 Å². The number of methoxy groups -OCH3 is 1. The van der Waals surface area contributed by atoms with E-state index < -0.39 is 0 Å². The molecule has 0 unspecified atom stereocenters. The summed E-state index contributed by atoms with van der Waals surface area (Å²) in [4.78, 5) is 20.9. The monoisotopic (exact) mass is 399 g/mol. The maximum Gasteiger partial charge on any atom is 0.258 e. The van der Waals surface area contributed by atoms with Crippen molar-refractivity contribution in [2.75, 3.05) is 12.4 Å². The predicted octanol–water partition coefficient (Wildman–Crippen LogP) is 4.29. The van der Waals surface area contributed by atoms with Gasteiger partial charge in [0.25, 0.3) is 5.91 Å². The van der Waals surface area contributed by atoms with Crippen molar-refractivity contribution in [1.29, 1.82) is 0 Å². The third-order valence-corrected chi connectivity index (χ3v) is 3.55. The van der Waals surface area contributed by atoms with E-state index in [4.69, 9.17) is 4.74 Å². The Kier molecular flexibility index (Phi) is 6.25. The molecule has 0 radical (unpaired) electrons. The molecule has 3 rings (SSSR count). The second-order valence-electron chi connectivity index (χ2n) is 5.28. The van der Waals surface area contributed by atoms with Crippen LogP contribution in [0.3, 0.4) is 0 Å². The van der Waals surface area contributed by atoms with Gasteiger partial charge < -0.3 is 10.1 Å². The molecule has 1 aromatic carbocycles. The number of pyridine rings is 2. The number of para-hydroxylation sites is 1. The van der Waals surface area contributed by atoms with Crippen molar-refractivity contribution < 1.29 is 9.53 Å². The van der Waals surface area contributed by atoms with Gasteiger partial charge in [-0.25, -0.2) is 4.98 Å². The number of amides is 1. The predicted molar refractivity (Wildman–Crippen MR) is 103 cm³/mol. The first-order chi connectivity index (χ1) is 11.7. The smallest absolute Gasteiger partial charge is 0.258 e. The zero-order valence-electron chi connectivity index (χ0n) is 13.9. The summed E-state index contributed by atoms with van der Waals surface area (Å²) in [5, 5.41) is 2.79. The zero-order valence-corrected chi connectivity index (χ0v) is 15.6. The van der Waals surface area contributed by atoms with Gasteiger partial charge >= 0.3 is 0 Å². The quantitative estimate of drug-likeness (QED) is 0.710. The average molecular weight is 400 g/mol. The highest BCUT2D eigenvalue weighted by Gasteiger charge is 2.11. The number of anilines is 1. The molecule has 0 bridgehead atoms. The first-order valence-electron chi connectivity index (χ1n) is 7.51. The van der Waals surface area contributed by atoms with E-state index >= 15 is 0 Å². The van der Waals surface area contributed by atoms with Crippen LogP contribution in [0.1, 0.15) is 16.1 Å². The van der Waals surface area contributed by atoms with Crippen molar-refractivity contribution in [2.45, 2.75) is 6.92 Å². The molecule has 6 heteroatoms. The number of aryl methyl sites for hydroxylation is 1. The Morgan fingerprint density at radius 3 is 2.64 bits per heavy atom. The molecular formula is C19H18BrN3O2. The summed E-state index contributed by atoms with van der Waals surface area (Å²) in [6.07, 6.45) is 3.24. The van der Waals surface area contributed by atoms with Crippen LogP contribution >= 0.6 is 17.0 Å². The van der Waals surface area contributed by atoms with Gasteiger partial charge in [-0.1, -0.05) is 24.3 Å². The van der Waals surface area contributed by atoms with Crippen LogP contribution in [0.5, 0.6) is 5.75 Å². The van der Waals surface area contributed by atoms with Crippen molar-refractivity contribution in [2.24, 2.45) is 0 Å². The Bertz CT molecular complexity index is 884. The average Bonchev–Trinajstić information content (AvgIpc) is 2.62. The Balaban J connectivity index is 0.00000225. The summed E-state index contributed by atoms with van der Waals surface area (Å²) in [7, 11) is 1.62. The Morgan fingerprint density at radius 2 is 1.88 bits per heavy atom. The van der Waals surface area contributed by atoms with Crippen LogP contribution in [0, 0.1) is 6.92 Å². The van der Waals surface area contributed by atoms with E-state index in [-0.39, 0.29) is 22.9 Å². The number of carbonyl (C=O) groups is 1. The lowest BCUT2D eigenvalue weighted by atomic mass is 10.0. The number of halogens is 1. The number of hydrogen-bond donors (Lipinski definition) is 1. The van der Waals surface area contributed by atoms with E-state index in [1.807, 2.05) is 43.3 Å². The van der Waals surface area contributed by atoms with Crippen LogP contribution in [0.4, 0.5) is 5.82 Å². The lowest BCUT2D eigenvalue weighted by Crippen LogP contribution is -2.13. The molecule has 0 aliphatic carbocycles. The van der Waals surface area contributed by atoms with Crippen LogP contribution in [0.25, 0.3) is 11.1 Å². The number of carbonyl (C=O) groups excluding carboxylic acids is 1. The number of ether oxygens (including phenoxy) is 1. The van der Waals surface area contributed by atoms with E-state index in [1.165, 1.54) is 6.20 Å².